The first-order chi connectivity index (χ1) is 11.2. The molecule has 7 heteroatoms. The van der Waals surface area contributed by atoms with Crippen molar-refractivity contribution in [3.05, 3.63) is 29.8 Å². The molecule has 6 nitrogen and oxygen atoms in total. The molecule has 0 bridgehead atoms. The number of carbonyl (C=O) groups excluding carboxylic acids is 1. The number of rotatable bonds is 5. The molecule has 1 amide bonds. The molecule has 2 rings (SSSR count). The van der Waals surface area contributed by atoms with E-state index in [9.17, 15) is 13.2 Å². The average molecular weight is 353 g/mol. The Kier molecular flexibility index (Phi) is 6.01. The summed E-state index contributed by atoms with van der Waals surface area (Å²) in [5.74, 6) is 0.311. The first-order valence-electron chi connectivity index (χ1n) is 8.17. The van der Waals surface area contributed by atoms with E-state index in [0.717, 1.165) is 31.5 Å². The highest BCUT2D eigenvalue weighted by Crippen LogP contribution is 2.22. The lowest BCUT2D eigenvalue weighted by atomic mass is 9.95. The summed E-state index contributed by atoms with van der Waals surface area (Å²) in [7, 11) is 3.26. The maximum Gasteiger partial charge on any atom is 0.242 e. The van der Waals surface area contributed by atoms with Crippen LogP contribution in [0.4, 0.5) is 0 Å². The van der Waals surface area contributed by atoms with Crippen LogP contribution in [0.2, 0.25) is 0 Å². The second-order valence-electron chi connectivity index (χ2n) is 6.72. The molecule has 0 aliphatic carbocycles. The van der Waals surface area contributed by atoms with E-state index in [4.69, 9.17) is 0 Å². The number of carbonyl (C=O) groups is 1. The van der Waals surface area contributed by atoms with Crippen molar-refractivity contribution in [2.75, 3.05) is 41.3 Å². The van der Waals surface area contributed by atoms with E-state index < -0.39 is 10.0 Å². The Labute approximate surface area is 145 Å². The van der Waals surface area contributed by atoms with Crippen molar-refractivity contribution in [2.24, 2.45) is 5.92 Å². The molecule has 0 radical (unpaired) electrons. The molecule has 0 aromatic heterocycles. The molecule has 134 valence electrons. The first-order valence-corrected chi connectivity index (χ1v) is 9.61. The van der Waals surface area contributed by atoms with Gasteiger partial charge < -0.3 is 4.90 Å². The van der Waals surface area contributed by atoms with Gasteiger partial charge in [-0.05, 0) is 43.6 Å². The maximum absolute atomic E-state index is 12.2. The third-order valence-corrected chi connectivity index (χ3v) is 6.27. The molecule has 0 spiro atoms. The molecule has 0 unspecified atom stereocenters. The lowest BCUT2D eigenvalue weighted by Gasteiger charge is -2.32. The standard InChI is InChI=1S/C17H27N3O3S/c1-18(2)17(21)15-8-10-20(11-9-15)13-14-6-5-7-16(12-14)24(22,23)19(3)4/h5-7,12,15H,8-11,13H2,1-4H3. The quantitative estimate of drug-likeness (QED) is 0.799. The summed E-state index contributed by atoms with van der Waals surface area (Å²) in [6.07, 6.45) is 1.71. The molecule has 1 aliphatic heterocycles. The van der Waals surface area contributed by atoms with Gasteiger partial charge in [-0.25, -0.2) is 12.7 Å². The van der Waals surface area contributed by atoms with Gasteiger partial charge in [0, 0.05) is 40.7 Å². The Bertz CT molecular complexity index is 678. The van der Waals surface area contributed by atoms with Gasteiger partial charge in [0.05, 0.1) is 4.90 Å². The van der Waals surface area contributed by atoms with E-state index in [1.54, 1.807) is 37.2 Å². The molecule has 1 fully saturated rings. The fraction of sp³-hybridized carbons (Fsp3) is 0.588. The minimum absolute atomic E-state index is 0.108. The molecule has 1 heterocycles. The third kappa shape index (κ3) is 4.34. The third-order valence-electron chi connectivity index (χ3n) is 4.46. The van der Waals surface area contributed by atoms with E-state index in [1.807, 2.05) is 6.07 Å². The molecule has 24 heavy (non-hydrogen) atoms. The van der Waals surface area contributed by atoms with Gasteiger partial charge in [-0.15, -0.1) is 0 Å². The second-order valence-corrected chi connectivity index (χ2v) is 8.87. The van der Waals surface area contributed by atoms with Gasteiger partial charge in [-0.1, -0.05) is 12.1 Å². The summed E-state index contributed by atoms with van der Waals surface area (Å²) in [4.78, 5) is 16.3. The minimum atomic E-state index is -3.41. The monoisotopic (exact) mass is 353 g/mol. The van der Waals surface area contributed by atoms with Crippen LogP contribution in [0, 0.1) is 5.92 Å². The number of hydrogen-bond acceptors (Lipinski definition) is 4. The summed E-state index contributed by atoms with van der Waals surface area (Å²) in [6, 6.07) is 7.10. The van der Waals surface area contributed by atoms with Crippen LogP contribution < -0.4 is 0 Å². The zero-order valence-corrected chi connectivity index (χ0v) is 15.7. The smallest absolute Gasteiger partial charge is 0.242 e. The SMILES string of the molecule is CN(C)C(=O)C1CCN(Cc2cccc(S(=O)(=O)N(C)C)c2)CC1. The van der Waals surface area contributed by atoms with Crippen molar-refractivity contribution in [2.45, 2.75) is 24.3 Å². The first kappa shape index (κ1) is 18.9. The maximum atomic E-state index is 12.2. The Balaban J connectivity index is 2.00. The summed E-state index contributed by atoms with van der Waals surface area (Å²) >= 11 is 0. The van der Waals surface area contributed by atoms with Crippen LogP contribution in [0.15, 0.2) is 29.2 Å². The van der Waals surface area contributed by atoms with Gasteiger partial charge in [-0.3, -0.25) is 9.69 Å². The number of nitrogens with zero attached hydrogens (tertiary/aromatic N) is 3. The van der Waals surface area contributed by atoms with E-state index in [0.29, 0.717) is 11.4 Å². The van der Waals surface area contributed by atoms with E-state index in [-0.39, 0.29) is 11.8 Å². The highest BCUT2D eigenvalue weighted by molar-refractivity contribution is 7.89. The lowest BCUT2D eigenvalue weighted by Crippen LogP contribution is -2.39. The Morgan fingerprint density at radius 1 is 1.17 bits per heavy atom. The summed E-state index contributed by atoms with van der Waals surface area (Å²) < 4.78 is 25.7. The van der Waals surface area contributed by atoms with Crippen LogP contribution in [0.1, 0.15) is 18.4 Å². The van der Waals surface area contributed by atoms with Crippen molar-refractivity contribution in [3.8, 4) is 0 Å². The van der Waals surface area contributed by atoms with E-state index in [2.05, 4.69) is 4.90 Å². The number of hydrogen-bond donors (Lipinski definition) is 0. The van der Waals surface area contributed by atoms with Crippen LogP contribution in [0.5, 0.6) is 0 Å². The van der Waals surface area contributed by atoms with E-state index in [1.165, 1.54) is 18.4 Å². The summed E-state index contributed by atoms with van der Waals surface area (Å²) in [6.45, 7) is 2.42. The number of likely N-dealkylation sites (tertiary alicyclic amines) is 1. The fourth-order valence-electron chi connectivity index (χ4n) is 2.98. The fourth-order valence-corrected chi connectivity index (χ4v) is 3.95. The topological polar surface area (TPSA) is 60.9 Å². The van der Waals surface area contributed by atoms with Crippen LogP contribution in [-0.4, -0.2) is 69.7 Å². The molecular formula is C17H27N3O3S. The Morgan fingerprint density at radius 3 is 2.33 bits per heavy atom. The molecule has 1 aromatic carbocycles. The highest BCUT2D eigenvalue weighted by atomic mass is 32.2. The molecule has 0 saturated carbocycles. The van der Waals surface area contributed by atoms with Gasteiger partial charge in [0.25, 0.3) is 0 Å². The molecule has 1 aromatic rings. The van der Waals surface area contributed by atoms with Gasteiger partial charge in [0.15, 0.2) is 0 Å². The van der Waals surface area contributed by atoms with Crippen LogP contribution >= 0.6 is 0 Å². The second kappa shape index (κ2) is 7.63. The summed E-state index contributed by atoms with van der Waals surface area (Å²) in [5.41, 5.74) is 0.982. The predicted molar refractivity (Wildman–Crippen MR) is 94.0 cm³/mol. The summed E-state index contributed by atoms with van der Waals surface area (Å²) in [5, 5.41) is 0. The molecule has 1 saturated heterocycles. The van der Waals surface area contributed by atoms with E-state index >= 15 is 0 Å². The van der Waals surface area contributed by atoms with Gasteiger partial charge >= 0.3 is 0 Å². The van der Waals surface area contributed by atoms with Crippen molar-refractivity contribution in [1.29, 1.82) is 0 Å². The number of sulfonamides is 1. The van der Waals surface area contributed by atoms with Crippen molar-refractivity contribution in [1.82, 2.24) is 14.1 Å². The zero-order valence-electron chi connectivity index (χ0n) is 14.9. The number of piperidine rings is 1. The minimum Gasteiger partial charge on any atom is -0.349 e. The largest absolute Gasteiger partial charge is 0.349 e. The van der Waals surface area contributed by atoms with Gasteiger partial charge in [0.2, 0.25) is 15.9 Å². The molecular weight excluding hydrogens is 326 g/mol. The Hall–Kier alpha value is -1.44. The van der Waals surface area contributed by atoms with Crippen LogP contribution in [-0.2, 0) is 21.4 Å². The number of amides is 1. The molecule has 1 aliphatic rings. The zero-order chi connectivity index (χ0) is 17.9. The normalized spacial score (nSPS) is 17.2. The van der Waals surface area contributed by atoms with Gasteiger partial charge in [-0.2, -0.15) is 0 Å². The highest BCUT2D eigenvalue weighted by Gasteiger charge is 2.26. The van der Waals surface area contributed by atoms with Gasteiger partial charge in [0.1, 0.15) is 0 Å². The van der Waals surface area contributed by atoms with Crippen LogP contribution in [0.25, 0.3) is 0 Å². The van der Waals surface area contributed by atoms with Crippen molar-refractivity contribution in [3.63, 3.8) is 0 Å². The molecule has 0 N–H and O–H groups in total. The van der Waals surface area contributed by atoms with Crippen molar-refractivity contribution < 1.29 is 13.2 Å². The predicted octanol–water partition coefficient (Wildman–Crippen LogP) is 1.24. The Morgan fingerprint density at radius 2 is 1.79 bits per heavy atom. The number of benzene rings is 1. The van der Waals surface area contributed by atoms with Crippen LogP contribution in [0.3, 0.4) is 0 Å². The lowest BCUT2D eigenvalue weighted by molar-refractivity contribution is -0.134. The molecule has 0 atom stereocenters. The average Bonchev–Trinajstić information content (AvgIpc) is 2.55. The van der Waals surface area contributed by atoms with Crippen molar-refractivity contribution >= 4 is 15.9 Å².